The van der Waals surface area contributed by atoms with Crippen LogP contribution < -0.4 is 21.5 Å². The van der Waals surface area contributed by atoms with Crippen LogP contribution in [0.25, 0.3) is 0 Å². The summed E-state index contributed by atoms with van der Waals surface area (Å²) >= 11 is 0. The van der Waals surface area contributed by atoms with Gasteiger partial charge in [-0.2, -0.15) is 0 Å². The predicted molar refractivity (Wildman–Crippen MR) is 161 cm³/mol. The average Bonchev–Trinajstić information content (AvgIpc) is 2.98. The number of aldehydes is 2. The van der Waals surface area contributed by atoms with E-state index in [1.807, 2.05) is 4.90 Å². The fourth-order valence-electron chi connectivity index (χ4n) is 4.35. The van der Waals surface area contributed by atoms with E-state index in [1.165, 1.54) is 37.2 Å². The Labute approximate surface area is 252 Å². The fraction of sp³-hybridized carbons (Fsp3) is 0.500. The van der Waals surface area contributed by atoms with E-state index in [0.717, 1.165) is 13.1 Å². The Kier molecular flexibility index (Phi) is 13.2. The quantitative estimate of drug-likeness (QED) is 0.118. The largest absolute Gasteiger partial charge is 0.492 e. The molecule has 1 aliphatic rings. The molecule has 0 bridgehead atoms. The van der Waals surface area contributed by atoms with Crippen LogP contribution in [0.3, 0.4) is 0 Å². The Bertz CT molecular complexity index is 1220. The zero-order valence-corrected chi connectivity index (χ0v) is 25.6. The molecule has 1 aromatic carbocycles. The number of nitrogens with one attached hydrogen (secondary N) is 1. The van der Waals surface area contributed by atoms with Crippen molar-refractivity contribution in [2.24, 2.45) is 11.5 Å². The predicted octanol–water partition coefficient (Wildman–Crippen LogP) is 0.646. The molecule has 13 nitrogen and oxygen atoms in total. The van der Waals surface area contributed by atoms with Gasteiger partial charge in [-0.15, -0.1) is 0 Å². The van der Waals surface area contributed by atoms with Crippen LogP contribution in [0, 0.1) is 0 Å². The Morgan fingerprint density at radius 1 is 1.09 bits per heavy atom. The van der Waals surface area contributed by atoms with Crippen LogP contribution in [-0.2, 0) is 19.1 Å². The zero-order chi connectivity index (χ0) is 32.2. The number of benzene rings is 1. The summed E-state index contributed by atoms with van der Waals surface area (Å²) in [5, 5.41) is 2.51. The highest BCUT2D eigenvalue weighted by molar-refractivity contribution is 6.03. The van der Waals surface area contributed by atoms with Gasteiger partial charge in [0.2, 0.25) is 5.91 Å². The van der Waals surface area contributed by atoms with E-state index in [0.29, 0.717) is 50.4 Å². The molecule has 1 heterocycles. The van der Waals surface area contributed by atoms with Crippen molar-refractivity contribution in [3.8, 4) is 5.75 Å². The minimum atomic E-state index is -0.868. The summed E-state index contributed by atoms with van der Waals surface area (Å²) in [6.45, 7) is 9.03. The van der Waals surface area contributed by atoms with E-state index in [2.05, 4.69) is 10.2 Å². The third-order valence-corrected chi connectivity index (χ3v) is 6.76. The number of piperazine rings is 1. The highest BCUT2D eigenvalue weighted by Gasteiger charge is 2.28. The zero-order valence-electron chi connectivity index (χ0n) is 25.6. The van der Waals surface area contributed by atoms with Crippen LogP contribution in [0.1, 0.15) is 54.3 Å². The summed E-state index contributed by atoms with van der Waals surface area (Å²) in [6, 6.07) is 3.74. The minimum Gasteiger partial charge on any atom is -0.492 e. The van der Waals surface area contributed by atoms with Gasteiger partial charge >= 0.3 is 5.97 Å². The Balaban J connectivity index is 1.94. The molecule has 2 rings (SSSR count). The van der Waals surface area contributed by atoms with Crippen LogP contribution in [0.4, 0.5) is 0 Å². The molecule has 1 saturated heterocycles. The molecule has 1 aliphatic heterocycles. The smallest absolute Gasteiger partial charge is 0.354 e. The van der Waals surface area contributed by atoms with Gasteiger partial charge in [-0.25, -0.2) is 4.79 Å². The molecule has 0 spiro atoms. The molecule has 1 fully saturated rings. The second-order valence-corrected chi connectivity index (χ2v) is 11.0. The van der Waals surface area contributed by atoms with Crippen LogP contribution in [0.2, 0.25) is 0 Å². The third-order valence-electron chi connectivity index (χ3n) is 6.76. The number of esters is 1. The molecule has 1 aromatic rings. The molecule has 1 atom stereocenters. The number of allylic oxidation sites excluding steroid dienone is 2. The van der Waals surface area contributed by atoms with Gasteiger partial charge in [-0.05, 0) is 57.5 Å². The van der Waals surface area contributed by atoms with Crippen molar-refractivity contribution < 1.29 is 33.4 Å². The number of amides is 2. The fourth-order valence-corrected chi connectivity index (χ4v) is 4.35. The first-order chi connectivity index (χ1) is 20.3. The van der Waals surface area contributed by atoms with Gasteiger partial charge in [0.15, 0.2) is 6.29 Å². The van der Waals surface area contributed by atoms with E-state index < -0.39 is 29.4 Å². The summed E-state index contributed by atoms with van der Waals surface area (Å²) in [7, 11) is 2.91. The van der Waals surface area contributed by atoms with Crippen LogP contribution in [0.5, 0.6) is 5.75 Å². The number of nitrogens with zero attached hydrogens (tertiary/aromatic N) is 3. The molecule has 236 valence electrons. The summed E-state index contributed by atoms with van der Waals surface area (Å²) in [4.78, 5) is 65.6. The van der Waals surface area contributed by atoms with E-state index in [-0.39, 0.29) is 29.7 Å². The number of carbonyl (C=O) groups is 5. The molecule has 1 unspecified atom stereocenters. The second kappa shape index (κ2) is 16.3. The standard InChI is InChI=1S/C30H44N6O7/c1-30(2,3)43-29(41)24(31)10-11-26(32)36-14-12-35(13-15-36)16-18-42-22-9-8-21(20-38)23(19-22)28(40)34(5)25(7-6-17-37)27(39)33-4/h8-11,17,19-20,25H,6-7,12-16,18,31-32H2,1-5H3,(H,33,39)/b24-10-,26-11+. The Hall–Kier alpha value is -4.39. The van der Waals surface area contributed by atoms with Gasteiger partial charge in [0.05, 0.1) is 11.4 Å². The molecule has 0 aromatic heterocycles. The van der Waals surface area contributed by atoms with Crippen LogP contribution in [-0.4, -0.2) is 110 Å². The highest BCUT2D eigenvalue weighted by atomic mass is 16.6. The lowest BCUT2D eigenvalue weighted by atomic mass is 10.0. The van der Waals surface area contributed by atoms with Crippen LogP contribution >= 0.6 is 0 Å². The summed E-state index contributed by atoms with van der Waals surface area (Å²) in [6.07, 6.45) is 4.57. The number of hydrogen-bond acceptors (Lipinski definition) is 11. The van der Waals surface area contributed by atoms with Crippen molar-refractivity contribution in [1.82, 2.24) is 20.0 Å². The first kappa shape index (κ1) is 34.8. The summed E-state index contributed by atoms with van der Waals surface area (Å²) < 4.78 is 11.1. The number of hydrogen-bond donors (Lipinski definition) is 3. The molecule has 43 heavy (non-hydrogen) atoms. The SMILES string of the molecule is CNC(=O)C(CCC=O)N(C)C(=O)c1cc(OCCN2CCN(/C(N)=C/C=C(\N)C(=O)OC(C)(C)C)CC2)ccc1C=O. The maximum absolute atomic E-state index is 13.3. The number of rotatable bonds is 14. The van der Waals surface area contributed by atoms with Crippen LogP contribution in [0.15, 0.2) is 41.9 Å². The lowest BCUT2D eigenvalue weighted by Crippen LogP contribution is -2.48. The molecule has 0 aliphatic carbocycles. The lowest BCUT2D eigenvalue weighted by Gasteiger charge is -2.35. The normalized spacial score (nSPS) is 15.3. The van der Waals surface area contributed by atoms with Crippen molar-refractivity contribution >= 4 is 30.4 Å². The van der Waals surface area contributed by atoms with E-state index >= 15 is 0 Å². The average molecular weight is 601 g/mol. The molecule has 0 radical (unpaired) electrons. The first-order valence-corrected chi connectivity index (χ1v) is 14.1. The topological polar surface area (TPSA) is 178 Å². The summed E-state index contributed by atoms with van der Waals surface area (Å²) in [5.41, 5.74) is 11.6. The number of likely N-dealkylation sites (N-methyl/N-ethyl adjacent to an activating group) is 2. The van der Waals surface area contributed by atoms with Gasteiger partial charge in [0.1, 0.15) is 36.0 Å². The molecule has 5 N–H and O–H groups in total. The maximum Gasteiger partial charge on any atom is 0.354 e. The van der Waals surface area contributed by atoms with Crippen molar-refractivity contribution in [2.45, 2.75) is 45.3 Å². The van der Waals surface area contributed by atoms with E-state index in [1.54, 1.807) is 32.9 Å². The van der Waals surface area contributed by atoms with E-state index in [9.17, 15) is 24.0 Å². The van der Waals surface area contributed by atoms with Gasteiger partial charge < -0.3 is 40.9 Å². The molecule has 13 heteroatoms. The van der Waals surface area contributed by atoms with Gasteiger partial charge in [0, 0.05) is 58.8 Å². The number of ether oxygens (including phenoxy) is 2. The Morgan fingerprint density at radius 2 is 1.77 bits per heavy atom. The molecular weight excluding hydrogens is 556 g/mol. The highest BCUT2D eigenvalue weighted by Crippen LogP contribution is 2.20. The molecular formula is C30H44N6O7. The minimum absolute atomic E-state index is 0.0319. The van der Waals surface area contributed by atoms with Crippen molar-refractivity contribution in [2.75, 3.05) is 53.4 Å². The van der Waals surface area contributed by atoms with Gasteiger partial charge in [-0.3, -0.25) is 19.3 Å². The monoisotopic (exact) mass is 600 g/mol. The molecule has 2 amide bonds. The number of carbonyl (C=O) groups excluding carboxylic acids is 5. The first-order valence-electron chi connectivity index (χ1n) is 14.1. The van der Waals surface area contributed by atoms with E-state index in [4.69, 9.17) is 20.9 Å². The molecule has 0 saturated carbocycles. The lowest BCUT2D eigenvalue weighted by molar-refractivity contribution is -0.150. The van der Waals surface area contributed by atoms with Crippen molar-refractivity contribution in [1.29, 1.82) is 0 Å². The van der Waals surface area contributed by atoms with Crippen molar-refractivity contribution in [3.05, 3.63) is 53.0 Å². The van der Waals surface area contributed by atoms with Gasteiger partial charge in [0.25, 0.3) is 5.91 Å². The number of nitrogens with two attached hydrogens (primary N) is 2. The summed E-state index contributed by atoms with van der Waals surface area (Å²) in [5.74, 6) is -0.641. The second-order valence-electron chi connectivity index (χ2n) is 11.0. The third kappa shape index (κ3) is 10.7. The Morgan fingerprint density at radius 3 is 2.35 bits per heavy atom. The maximum atomic E-state index is 13.3. The van der Waals surface area contributed by atoms with Crippen molar-refractivity contribution in [3.63, 3.8) is 0 Å². The van der Waals surface area contributed by atoms with Gasteiger partial charge in [-0.1, -0.05) is 0 Å².